The van der Waals surface area contributed by atoms with Gasteiger partial charge in [-0.1, -0.05) is 12.1 Å². The molecular formula is C21H18N4O2S. The van der Waals surface area contributed by atoms with Crippen LogP contribution < -0.4 is 10.9 Å². The summed E-state index contributed by atoms with van der Waals surface area (Å²) in [5.74, 6) is 0.138. The summed E-state index contributed by atoms with van der Waals surface area (Å²) >= 11 is 1.56. The van der Waals surface area contributed by atoms with Crippen molar-refractivity contribution in [3.63, 3.8) is 0 Å². The number of benzene rings is 1. The van der Waals surface area contributed by atoms with Gasteiger partial charge in [-0.2, -0.15) is 5.26 Å². The zero-order valence-electron chi connectivity index (χ0n) is 15.3. The Hall–Kier alpha value is -3.24. The molecule has 7 heteroatoms. The van der Waals surface area contributed by atoms with E-state index in [4.69, 9.17) is 0 Å². The number of nitrogens with one attached hydrogen (secondary N) is 2. The number of anilines is 1. The Morgan fingerprint density at radius 1 is 1.29 bits per heavy atom. The summed E-state index contributed by atoms with van der Waals surface area (Å²) in [6.07, 6.45) is 5.82. The molecule has 4 rings (SSSR count). The van der Waals surface area contributed by atoms with Crippen LogP contribution in [0, 0.1) is 11.3 Å². The van der Waals surface area contributed by atoms with Crippen LogP contribution in [0.5, 0.6) is 0 Å². The average Bonchev–Trinajstić information content (AvgIpc) is 3.05. The Kier molecular flexibility index (Phi) is 4.80. The molecule has 2 heterocycles. The normalized spacial score (nSPS) is 13.8. The van der Waals surface area contributed by atoms with Gasteiger partial charge in [0.1, 0.15) is 10.9 Å². The zero-order chi connectivity index (χ0) is 19.7. The van der Waals surface area contributed by atoms with Crippen molar-refractivity contribution < 1.29 is 4.79 Å². The Balaban J connectivity index is 1.73. The van der Waals surface area contributed by atoms with E-state index in [2.05, 4.69) is 21.4 Å². The third kappa shape index (κ3) is 3.47. The van der Waals surface area contributed by atoms with Crippen LogP contribution >= 0.6 is 11.3 Å². The molecule has 0 radical (unpaired) electrons. The third-order valence-corrected chi connectivity index (χ3v) is 5.93. The number of amides is 1. The molecule has 2 aromatic heterocycles. The number of H-pyrrole nitrogens is 1. The molecule has 0 fully saturated rings. The van der Waals surface area contributed by atoms with Gasteiger partial charge in [0.2, 0.25) is 5.91 Å². The van der Waals surface area contributed by atoms with E-state index in [-0.39, 0.29) is 22.9 Å². The smallest absolute Gasteiger partial charge is 0.260 e. The number of allylic oxidation sites excluding steroid dienone is 1. The van der Waals surface area contributed by atoms with Gasteiger partial charge in [-0.3, -0.25) is 9.59 Å². The molecule has 6 nitrogen and oxygen atoms in total. The molecule has 0 unspecified atom stereocenters. The number of nitriles is 1. The number of hydrogen-bond donors (Lipinski definition) is 2. The highest BCUT2D eigenvalue weighted by molar-refractivity contribution is 7.18. The second-order valence-electron chi connectivity index (χ2n) is 6.78. The molecule has 0 bridgehead atoms. The number of aromatic amines is 1. The fourth-order valence-electron chi connectivity index (χ4n) is 3.48. The molecule has 140 valence electrons. The van der Waals surface area contributed by atoms with Crippen LogP contribution in [0.15, 0.2) is 29.1 Å². The van der Waals surface area contributed by atoms with Crippen LogP contribution in [0.25, 0.3) is 21.9 Å². The van der Waals surface area contributed by atoms with Gasteiger partial charge in [0.05, 0.1) is 11.0 Å². The van der Waals surface area contributed by atoms with Gasteiger partial charge in [-0.05, 0) is 55.0 Å². The quantitative estimate of drug-likeness (QED) is 0.663. The number of hydrogen-bond acceptors (Lipinski definition) is 5. The van der Waals surface area contributed by atoms with Crippen LogP contribution in [-0.4, -0.2) is 15.9 Å². The summed E-state index contributed by atoms with van der Waals surface area (Å²) in [6.45, 7) is 1.45. The fourth-order valence-corrected chi connectivity index (χ4v) is 4.74. The Morgan fingerprint density at radius 2 is 2.04 bits per heavy atom. The number of carbonyl (C=O) groups excluding carboxylic acids is 1. The summed E-state index contributed by atoms with van der Waals surface area (Å²) in [6, 6.07) is 9.24. The van der Waals surface area contributed by atoms with Gasteiger partial charge in [0.15, 0.2) is 5.82 Å². The molecule has 0 aliphatic heterocycles. The van der Waals surface area contributed by atoms with Crippen molar-refractivity contribution in [1.82, 2.24) is 9.97 Å². The zero-order valence-corrected chi connectivity index (χ0v) is 16.2. The molecule has 0 saturated heterocycles. The standard InChI is InChI=1S/C21H18N4O2S/c1-12(26)23-15-8-6-13(7-9-15)10-14(11-22)19-24-20(27)18-16-4-2-3-5-17(16)28-21(18)25-19/h6-10H,2-5H2,1H3,(H,23,26)(H,24,25,27)/b14-10+. The van der Waals surface area contributed by atoms with Gasteiger partial charge in [-0.25, -0.2) is 4.98 Å². The molecule has 28 heavy (non-hydrogen) atoms. The van der Waals surface area contributed by atoms with E-state index < -0.39 is 0 Å². The van der Waals surface area contributed by atoms with Gasteiger partial charge in [-0.15, -0.1) is 11.3 Å². The first-order valence-corrected chi connectivity index (χ1v) is 9.91. The van der Waals surface area contributed by atoms with E-state index in [1.54, 1.807) is 41.7 Å². The van der Waals surface area contributed by atoms with Gasteiger partial charge in [0, 0.05) is 17.5 Å². The lowest BCUT2D eigenvalue weighted by Gasteiger charge is -2.09. The summed E-state index contributed by atoms with van der Waals surface area (Å²) < 4.78 is 0. The number of aryl methyl sites for hydroxylation is 2. The summed E-state index contributed by atoms with van der Waals surface area (Å²) in [5.41, 5.74) is 2.70. The van der Waals surface area contributed by atoms with E-state index in [1.807, 2.05) is 0 Å². The SMILES string of the molecule is CC(=O)Nc1ccc(/C=C(\C#N)c2nc3sc4c(c3c(=O)[nH]2)CCCC4)cc1. The Morgan fingerprint density at radius 3 is 2.75 bits per heavy atom. The number of rotatable bonds is 3. The van der Waals surface area contributed by atoms with Crippen molar-refractivity contribution >= 4 is 44.8 Å². The van der Waals surface area contributed by atoms with Crippen LogP contribution in [-0.2, 0) is 17.6 Å². The second kappa shape index (κ2) is 7.41. The Bertz CT molecular complexity index is 1200. The highest BCUT2D eigenvalue weighted by atomic mass is 32.1. The van der Waals surface area contributed by atoms with E-state index in [1.165, 1.54) is 11.8 Å². The number of fused-ring (bicyclic) bond motifs is 3. The van der Waals surface area contributed by atoms with Crippen molar-refractivity contribution in [2.45, 2.75) is 32.6 Å². The van der Waals surface area contributed by atoms with Crippen molar-refractivity contribution in [2.24, 2.45) is 0 Å². The minimum absolute atomic E-state index is 0.144. The second-order valence-corrected chi connectivity index (χ2v) is 7.86. The lowest BCUT2D eigenvalue weighted by atomic mass is 9.97. The molecule has 1 aliphatic rings. The van der Waals surface area contributed by atoms with Crippen LogP contribution in [0.1, 0.15) is 41.6 Å². The molecule has 2 N–H and O–H groups in total. The number of thiophene rings is 1. The number of aromatic nitrogens is 2. The lowest BCUT2D eigenvalue weighted by molar-refractivity contribution is -0.114. The average molecular weight is 390 g/mol. The maximum absolute atomic E-state index is 12.7. The minimum Gasteiger partial charge on any atom is -0.326 e. The summed E-state index contributed by atoms with van der Waals surface area (Å²) in [7, 11) is 0. The number of carbonyl (C=O) groups is 1. The first-order chi connectivity index (χ1) is 13.5. The van der Waals surface area contributed by atoms with E-state index >= 15 is 0 Å². The van der Waals surface area contributed by atoms with Crippen molar-refractivity contribution in [3.05, 3.63) is 56.4 Å². The first-order valence-electron chi connectivity index (χ1n) is 9.09. The molecule has 1 aromatic carbocycles. The monoisotopic (exact) mass is 390 g/mol. The molecule has 3 aromatic rings. The van der Waals surface area contributed by atoms with Crippen LogP contribution in [0.2, 0.25) is 0 Å². The van der Waals surface area contributed by atoms with Gasteiger partial charge in [0.25, 0.3) is 5.56 Å². The fraction of sp³-hybridized carbons (Fsp3) is 0.238. The molecule has 0 atom stereocenters. The first kappa shape index (κ1) is 18.1. The largest absolute Gasteiger partial charge is 0.326 e. The predicted octanol–water partition coefficient (Wildman–Crippen LogP) is 3.89. The van der Waals surface area contributed by atoms with Crippen molar-refractivity contribution in [3.8, 4) is 6.07 Å². The molecule has 1 amide bonds. The molecule has 0 saturated carbocycles. The van der Waals surface area contributed by atoms with Crippen LogP contribution in [0.4, 0.5) is 5.69 Å². The maximum Gasteiger partial charge on any atom is 0.260 e. The van der Waals surface area contributed by atoms with E-state index in [9.17, 15) is 14.9 Å². The molecular weight excluding hydrogens is 372 g/mol. The third-order valence-electron chi connectivity index (χ3n) is 4.74. The molecule has 0 spiro atoms. The van der Waals surface area contributed by atoms with Gasteiger partial charge >= 0.3 is 0 Å². The molecule has 1 aliphatic carbocycles. The highest BCUT2D eigenvalue weighted by Crippen LogP contribution is 2.34. The lowest BCUT2D eigenvalue weighted by Crippen LogP contribution is -2.12. The topological polar surface area (TPSA) is 98.6 Å². The van der Waals surface area contributed by atoms with Crippen molar-refractivity contribution in [2.75, 3.05) is 5.32 Å². The highest BCUT2D eigenvalue weighted by Gasteiger charge is 2.20. The predicted molar refractivity (Wildman–Crippen MR) is 111 cm³/mol. The van der Waals surface area contributed by atoms with Crippen LogP contribution in [0.3, 0.4) is 0 Å². The summed E-state index contributed by atoms with van der Waals surface area (Å²) in [4.78, 5) is 33.1. The van der Waals surface area contributed by atoms with Crippen molar-refractivity contribution in [1.29, 1.82) is 5.26 Å². The number of nitrogens with zero attached hydrogens (tertiary/aromatic N) is 2. The van der Waals surface area contributed by atoms with E-state index in [0.29, 0.717) is 15.9 Å². The summed E-state index contributed by atoms with van der Waals surface area (Å²) in [5, 5.41) is 13.0. The van der Waals surface area contributed by atoms with Gasteiger partial charge < -0.3 is 10.3 Å². The maximum atomic E-state index is 12.7. The minimum atomic E-state index is -0.179. The Labute approximate surface area is 165 Å². The van der Waals surface area contributed by atoms with E-state index in [0.717, 1.165) is 36.8 Å².